The maximum atomic E-state index is 10.2. The van der Waals surface area contributed by atoms with Crippen molar-refractivity contribution in [2.75, 3.05) is 6.54 Å². The van der Waals surface area contributed by atoms with E-state index in [0.717, 1.165) is 22.9 Å². The van der Waals surface area contributed by atoms with E-state index in [1.54, 1.807) is 11.3 Å². The zero-order chi connectivity index (χ0) is 16.8. The molecular formula is C18H26N2O2S. The third-order valence-electron chi connectivity index (χ3n) is 3.34. The largest absolute Gasteiger partial charge is 0.491 e. The van der Waals surface area contributed by atoms with Crippen molar-refractivity contribution in [3.63, 3.8) is 0 Å². The highest BCUT2D eigenvalue weighted by Crippen LogP contribution is 2.21. The lowest BCUT2D eigenvalue weighted by Gasteiger charge is -2.14. The Labute approximate surface area is 142 Å². The minimum Gasteiger partial charge on any atom is -0.491 e. The van der Waals surface area contributed by atoms with Crippen LogP contribution in [0, 0.1) is 0 Å². The van der Waals surface area contributed by atoms with E-state index in [1.807, 2.05) is 44.3 Å². The Morgan fingerprint density at radius 2 is 1.87 bits per heavy atom. The number of hydrogen-bond acceptors (Lipinski definition) is 5. The van der Waals surface area contributed by atoms with Gasteiger partial charge in [0.2, 0.25) is 0 Å². The quantitative estimate of drug-likeness (QED) is 0.769. The number of hydrogen-bond donors (Lipinski definition) is 2. The first-order valence-electron chi connectivity index (χ1n) is 8.05. The molecule has 4 nitrogen and oxygen atoms in total. The lowest BCUT2D eigenvalue weighted by Crippen LogP contribution is -2.20. The molecule has 0 radical (unpaired) electrons. The first-order chi connectivity index (χ1) is 11.0. The van der Waals surface area contributed by atoms with Gasteiger partial charge in [-0.05, 0) is 31.5 Å². The first-order valence-corrected chi connectivity index (χ1v) is 8.87. The van der Waals surface area contributed by atoms with Crippen molar-refractivity contribution in [1.29, 1.82) is 0 Å². The van der Waals surface area contributed by atoms with Gasteiger partial charge in [0.1, 0.15) is 5.75 Å². The van der Waals surface area contributed by atoms with Gasteiger partial charge in [-0.1, -0.05) is 26.0 Å². The number of benzene rings is 1. The Hall–Kier alpha value is -1.43. The van der Waals surface area contributed by atoms with E-state index in [0.29, 0.717) is 12.5 Å². The van der Waals surface area contributed by atoms with Crippen LogP contribution in [-0.2, 0) is 6.54 Å². The number of ether oxygens (including phenoxy) is 1. The predicted molar refractivity (Wildman–Crippen MR) is 95.1 cm³/mol. The van der Waals surface area contributed by atoms with E-state index in [9.17, 15) is 5.11 Å². The maximum absolute atomic E-state index is 10.2. The molecule has 1 atom stereocenters. The van der Waals surface area contributed by atoms with Gasteiger partial charge in [0, 0.05) is 30.1 Å². The Balaban J connectivity index is 1.80. The molecule has 0 spiro atoms. The Morgan fingerprint density at radius 3 is 2.43 bits per heavy atom. The molecule has 0 aliphatic heterocycles. The molecule has 0 aliphatic rings. The van der Waals surface area contributed by atoms with Crippen molar-refractivity contribution in [2.24, 2.45) is 0 Å². The van der Waals surface area contributed by atoms with Crippen LogP contribution in [-0.4, -0.2) is 22.7 Å². The summed E-state index contributed by atoms with van der Waals surface area (Å²) in [7, 11) is 0. The molecule has 1 unspecified atom stereocenters. The van der Waals surface area contributed by atoms with Crippen LogP contribution in [0.3, 0.4) is 0 Å². The van der Waals surface area contributed by atoms with Crippen molar-refractivity contribution in [1.82, 2.24) is 10.3 Å². The van der Waals surface area contributed by atoms with E-state index in [-0.39, 0.29) is 6.10 Å². The summed E-state index contributed by atoms with van der Waals surface area (Å²) in [6.07, 6.45) is 1.54. The Morgan fingerprint density at radius 1 is 1.17 bits per heavy atom. The summed E-state index contributed by atoms with van der Waals surface area (Å²) in [5.74, 6) is 1.29. The van der Waals surface area contributed by atoms with Crippen LogP contribution >= 0.6 is 11.3 Å². The molecule has 23 heavy (non-hydrogen) atoms. The molecule has 0 saturated carbocycles. The van der Waals surface area contributed by atoms with Gasteiger partial charge < -0.3 is 15.2 Å². The first kappa shape index (κ1) is 17.9. The summed E-state index contributed by atoms with van der Waals surface area (Å²) in [6.45, 7) is 9.53. The normalized spacial score (nSPS) is 12.8. The van der Waals surface area contributed by atoms with Crippen molar-refractivity contribution in [2.45, 2.75) is 52.4 Å². The molecule has 2 aromatic rings. The van der Waals surface area contributed by atoms with Gasteiger partial charge in [0.05, 0.1) is 17.2 Å². The highest BCUT2D eigenvalue weighted by Gasteiger charge is 2.09. The monoisotopic (exact) mass is 334 g/mol. The zero-order valence-corrected chi connectivity index (χ0v) is 15.1. The van der Waals surface area contributed by atoms with Crippen molar-refractivity contribution < 1.29 is 9.84 Å². The molecule has 0 bridgehead atoms. The SMILES string of the molecule is CC(C)Oc1ccc(C(O)CNCc2cnc(C(C)C)s2)cc1. The number of aromatic nitrogens is 1. The minimum absolute atomic E-state index is 0.155. The number of thiazole rings is 1. The van der Waals surface area contributed by atoms with Crippen LogP contribution in [0.2, 0.25) is 0 Å². The molecule has 0 saturated heterocycles. The third kappa shape index (κ3) is 5.61. The summed E-state index contributed by atoms with van der Waals surface area (Å²) in [6, 6.07) is 7.62. The van der Waals surface area contributed by atoms with Crippen molar-refractivity contribution in [3.8, 4) is 5.75 Å². The van der Waals surface area contributed by atoms with E-state index in [4.69, 9.17) is 4.74 Å². The van der Waals surface area contributed by atoms with Crippen LogP contribution in [0.15, 0.2) is 30.5 Å². The minimum atomic E-state index is -0.527. The molecule has 2 N–H and O–H groups in total. The molecule has 0 amide bonds. The molecule has 126 valence electrons. The highest BCUT2D eigenvalue weighted by atomic mass is 32.1. The van der Waals surface area contributed by atoms with Crippen LogP contribution in [0.25, 0.3) is 0 Å². The maximum Gasteiger partial charge on any atom is 0.119 e. The second kappa shape index (κ2) is 8.43. The molecule has 1 aromatic carbocycles. The molecule has 1 aromatic heterocycles. The summed E-state index contributed by atoms with van der Waals surface area (Å²) in [4.78, 5) is 5.60. The fraction of sp³-hybridized carbons (Fsp3) is 0.500. The lowest BCUT2D eigenvalue weighted by atomic mass is 10.1. The van der Waals surface area contributed by atoms with Gasteiger partial charge in [-0.2, -0.15) is 0 Å². The van der Waals surface area contributed by atoms with Crippen molar-refractivity contribution in [3.05, 3.63) is 45.9 Å². The molecule has 0 fully saturated rings. The van der Waals surface area contributed by atoms with Gasteiger partial charge >= 0.3 is 0 Å². The standard InChI is InChI=1S/C18H26N2O2S/c1-12(2)18-20-10-16(23-18)9-19-11-17(21)14-5-7-15(8-6-14)22-13(3)4/h5-8,10,12-13,17,19,21H,9,11H2,1-4H3. The smallest absolute Gasteiger partial charge is 0.119 e. The Bertz CT molecular complexity index is 593. The average Bonchev–Trinajstić information content (AvgIpc) is 2.96. The second-order valence-corrected chi connectivity index (χ2v) is 7.35. The molecular weight excluding hydrogens is 308 g/mol. The number of nitrogens with zero attached hydrogens (tertiary/aromatic N) is 1. The van der Waals surface area contributed by atoms with Gasteiger partial charge in [-0.15, -0.1) is 11.3 Å². The summed E-state index contributed by atoms with van der Waals surface area (Å²) in [5.41, 5.74) is 0.890. The second-order valence-electron chi connectivity index (χ2n) is 6.20. The van der Waals surface area contributed by atoms with E-state index in [1.165, 1.54) is 4.88 Å². The number of aliphatic hydroxyl groups excluding tert-OH is 1. The van der Waals surface area contributed by atoms with Crippen LogP contribution in [0.4, 0.5) is 0 Å². The number of aliphatic hydroxyl groups is 1. The average molecular weight is 334 g/mol. The lowest BCUT2D eigenvalue weighted by molar-refractivity contribution is 0.174. The molecule has 1 heterocycles. The molecule has 2 rings (SSSR count). The third-order valence-corrected chi connectivity index (χ3v) is 4.64. The fourth-order valence-corrected chi connectivity index (χ4v) is 3.05. The highest BCUT2D eigenvalue weighted by molar-refractivity contribution is 7.11. The van der Waals surface area contributed by atoms with Gasteiger partial charge in [0.15, 0.2) is 0 Å². The number of rotatable bonds is 8. The zero-order valence-electron chi connectivity index (χ0n) is 14.2. The topological polar surface area (TPSA) is 54.4 Å². The summed E-state index contributed by atoms with van der Waals surface area (Å²) < 4.78 is 5.61. The van der Waals surface area contributed by atoms with Crippen LogP contribution in [0.1, 0.15) is 55.2 Å². The fourth-order valence-electron chi connectivity index (χ4n) is 2.16. The summed E-state index contributed by atoms with van der Waals surface area (Å²) in [5, 5.41) is 14.7. The molecule has 5 heteroatoms. The van der Waals surface area contributed by atoms with Crippen LogP contribution in [0.5, 0.6) is 5.75 Å². The van der Waals surface area contributed by atoms with E-state index in [2.05, 4.69) is 24.1 Å². The predicted octanol–water partition coefficient (Wildman–Crippen LogP) is 3.88. The summed E-state index contributed by atoms with van der Waals surface area (Å²) >= 11 is 1.72. The van der Waals surface area contributed by atoms with Crippen molar-refractivity contribution >= 4 is 11.3 Å². The Kier molecular flexibility index (Phi) is 6.57. The number of nitrogens with one attached hydrogen (secondary N) is 1. The van der Waals surface area contributed by atoms with E-state index >= 15 is 0 Å². The van der Waals surface area contributed by atoms with Gasteiger partial charge in [0.25, 0.3) is 0 Å². The van der Waals surface area contributed by atoms with Gasteiger partial charge in [-0.25, -0.2) is 4.98 Å². The van der Waals surface area contributed by atoms with E-state index < -0.39 is 6.10 Å². The van der Waals surface area contributed by atoms with Gasteiger partial charge in [-0.3, -0.25) is 0 Å². The molecule has 0 aliphatic carbocycles. The van der Waals surface area contributed by atoms with Crippen LogP contribution < -0.4 is 10.1 Å².